The van der Waals surface area contributed by atoms with E-state index in [2.05, 4.69) is 5.32 Å². The summed E-state index contributed by atoms with van der Waals surface area (Å²) in [6.45, 7) is 0. The van der Waals surface area contributed by atoms with E-state index in [1.165, 1.54) is 0 Å². The van der Waals surface area contributed by atoms with Gasteiger partial charge in [0.25, 0.3) is 0 Å². The summed E-state index contributed by atoms with van der Waals surface area (Å²) in [5.41, 5.74) is 0.785. The molecular formula is C20H20ClNO3. The zero-order valence-corrected chi connectivity index (χ0v) is 14.5. The van der Waals surface area contributed by atoms with Gasteiger partial charge >= 0.3 is 0 Å². The number of halogens is 1. The summed E-state index contributed by atoms with van der Waals surface area (Å²) in [7, 11) is 0. The van der Waals surface area contributed by atoms with Crippen molar-refractivity contribution in [2.24, 2.45) is 5.92 Å². The van der Waals surface area contributed by atoms with Crippen LogP contribution in [-0.2, 0) is 9.53 Å². The third-order valence-electron chi connectivity index (χ3n) is 4.83. The first-order valence-electron chi connectivity index (χ1n) is 8.65. The minimum absolute atomic E-state index is 0.0521. The van der Waals surface area contributed by atoms with Gasteiger partial charge in [0.1, 0.15) is 11.5 Å². The summed E-state index contributed by atoms with van der Waals surface area (Å²) in [4.78, 5) is 12.5. The average Bonchev–Trinajstić information content (AvgIpc) is 2.96. The lowest BCUT2D eigenvalue weighted by molar-refractivity contribution is -0.125. The third-order valence-corrected chi connectivity index (χ3v) is 5.08. The summed E-state index contributed by atoms with van der Waals surface area (Å²) in [6, 6.07) is 14.6. The highest BCUT2D eigenvalue weighted by molar-refractivity contribution is 6.30. The molecule has 0 radical (unpaired) electrons. The zero-order valence-electron chi connectivity index (χ0n) is 13.8. The lowest BCUT2D eigenvalue weighted by Gasteiger charge is -2.27. The molecular weight excluding hydrogens is 338 g/mol. The lowest BCUT2D eigenvalue weighted by Crippen LogP contribution is -2.33. The number of amides is 1. The molecule has 2 aliphatic rings. The minimum Gasteiger partial charge on any atom is -0.457 e. The van der Waals surface area contributed by atoms with Crippen molar-refractivity contribution in [3.05, 3.63) is 53.6 Å². The predicted octanol–water partition coefficient (Wildman–Crippen LogP) is 5.03. The van der Waals surface area contributed by atoms with E-state index in [9.17, 15) is 4.79 Å². The predicted molar refractivity (Wildman–Crippen MR) is 97.2 cm³/mol. The van der Waals surface area contributed by atoms with Crippen LogP contribution in [-0.4, -0.2) is 18.1 Å². The summed E-state index contributed by atoms with van der Waals surface area (Å²) < 4.78 is 11.6. The average molecular weight is 358 g/mol. The van der Waals surface area contributed by atoms with Gasteiger partial charge in [0.2, 0.25) is 5.91 Å². The maximum atomic E-state index is 12.5. The van der Waals surface area contributed by atoms with E-state index < -0.39 is 0 Å². The van der Waals surface area contributed by atoms with Crippen molar-refractivity contribution in [2.75, 3.05) is 5.32 Å². The Hall–Kier alpha value is -2.04. The molecule has 0 aliphatic carbocycles. The number of ether oxygens (including phenoxy) is 2. The fourth-order valence-electron chi connectivity index (χ4n) is 3.56. The number of fused-ring (bicyclic) bond motifs is 2. The SMILES string of the molecule is O=C(Nc1ccc(Oc2ccc(Cl)cc2)cc1)C1CC2CCC(C1)O2. The van der Waals surface area contributed by atoms with Crippen molar-refractivity contribution in [3.63, 3.8) is 0 Å². The molecule has 0 saturated carbocycles. The summed E-state index contributed by atoms with van der Waals surface area (Å²) >= 11 is 5.87. The molecule has 25 heavy (non-hydrogen) atoms. The van der Waals surface area contributed by atoms with Crippen LogP contribution in [0.4, 0.5) is 5.69 Å². The molecule has 0 spiro atoms. The van der Waals surface area contributed by atoms with E-state index in [0.717, 1.165) is 37.1 Å². The van der Waals surface area contributed by atoms with Crippen LogP contribution in [0.2, 0.25) is 5.02 Å². The summed E-state index contributed by atoms with van der Waals surface area (Å²) in [6.07, 6.45) is 4.38. The van der Waals surface area contributed by atoms with Crippen LogP contribution in [0.1, 0.15) is 25.7 Å². The normalized spacial score (nSPS) is 24.8. The van der Waals surface area contributed by atoms with Crippen molar-refractivity contribution in [1.29, 1.82) is 0 Å². The number of nitrogens with one attached hydrogen (secondary N) is 1. The first-order valence-corrected chi connectivity index (χ1v) is 9.03. The maximum absolute atomic E-state index is 12.5. The number of carbonyl (C=O) groups excluding carboxylic acids is 1. The highest BCUT2D eigenvalue weighted by atomic mass is 35.5. The number of benzene rings is 2. The highest BCUT2D eigenvalue weighted by Gasteiger charge is 2.37. The Balaban J connectivity index is 1.35. The Bertz CT molecular complexity index is 733. The van der Waals surface area contributed by atoms with Gasteiger partial charge in [-0.3, -0.25) is 4.79 Å². The van der Waals surface area contributed by atoms with E-state index in [4.69, 9.17) is 21.1 Å². The van der Waals surface area contributed by atoms with Crippen molar-refractivity contribution < 1.29 is 14.3 Å². The van der Waals surface area contributed by atoms with Crippen LogP contribution in [0.5, 0.6) is 11.5 Å². The van der Waals surface area contributed by atoms with Crippen LogP contribution in [0.25, 0.3) is 0 Å². The standard InChI is InChI=1S/C20H20ClNO3/c21-14-1-5-16(6-2-14)24-17-7-3-15(4-8-17)22-20(23)13-11-18-9-10-19(12-13)25-18/h1-8,13,18-19H,9-12H2,(H,22,23). The molecule has 130 valence electrons. The highest BCUT2D eigenvalue weighted by Crippen LogP contribution is 2.36. The number of rotatable bonds is 4. The van der Waals surface area contributed by atoms with Crippen molar-refractivity contribution in [1.82, 2.24) is 0 Å². The van der Waals surface area contributed by atoms with Gasteiger partial charge in [0.15, 0.2) is 0 Å². The second kappa shape index (κ2) is 7.06. The first kappa shape index (κ1) is 16.4. The molecule has 2 atom stereocenters. The molecule has 1 amide bonds. The van der Waals surface area contributed by atoms with Gasteiger partial charge in [0.05, 0.1) is 12.2 Å². The van der Waals surface area contributed by atoms with E-state index in [1.54, 1.807) is 12.1 Å². The van der Waals surface area contributed by atoms with E-state index in [-0.39, 0.29) is 24.0 Å². The topological polar surface area (TPSA) is 47.6 Å². The quantitative estimate of drug-likeness (QED) is 0.834. The van der Waals surface area contributed by atoms with Gasteiger partial charge in [0, 0.05) is 16.6 Å². The van der Waals surface area contributed by atoms with Crippen molar-refractivity contribution in [2.45, 2.75) is 37.9 Å². The molecule has 4 nitrogen and oxygen atoms in total. The van der Waals surface area contributed by atoms with Crippen molar-refractivity contribution >= 4 is 23.2 Å². The molecule has 5 heteroatoms. The number of hydrogen-bond acceptors (Lipinski definition) is 3. The van der Waals surface area contributed by atoms with Gasteiger partial charge in [-0.05, 0) is 74.2 Å². The van der Waals surface area contributed by atoms with E-state index in [1.807, 2.05) is 36.4 Å². The van der Waals surface area contributed by atoms with Crippen molar-refractivity contribution in [3.8, 4) is 11.5 Å². The fourth-order valence-corrected chi connectivity index (χ4v) is 3.69. The maximum Gasteiger partial charge on any atom is 0.227 e. The molecule has 2 bridgehead atoms. The second-order valence-corrected chi connectivity index (χ2v) is 7.13. The van der Waals surface area contributed by atoms with Gasteiger partial charge in [-0.25, -0.2) is 0 Å². The summed E-state index contributed by atoms with van der Waals surface area (Å²) in [5, 5.41) is 3.68. The summed E-state index contributed by atoms with van der Waals surface area (Å²) in [5.74, 6) is 1.58. The smallest absolute Gasteiger partial charge is 0.227 e. The Kier molecular flexibility index (Phi) is 4.64. The Morgan fingerprint density at radius 3 is 2.12 bits per heavy atom. The molecule has 2 saturated heterocycles. The van der Waals surface area contributed by atoms with Gasteiger partial charge in [-0.15, -0.1) is 0 Å². The molecule has 0 aromatic heterocycles. The van der Waals surface area contributed by atoms with Gasteiger partial charge in [-0.2, -0.15) is 0 Å². The lowest BCUT2D eigenvalue weighted by atomic mass is 9.94. The Morgan fingerprint density at radius 2 is 1.52 bits per heavy atom. The fraction of sp³-hybridized carbons (Fsp3) is 0.350. The van der Waals surface area contributed by atoms with E-state index >= 15 is 0 Å². The minimum atomic E-state index is 0.0521. The largest absolute Gasteiger partial charge is 0.457 e. The van der Waals surface area contributed by atoms with Crippen LogP contribution in [0.15, 0.2) is 48.5 Å². The molecule has 4 rings (SSSR count). The van der Waals surface area contributed by atoms with E-state index in [0.29, 0.717) is 10.8 Å². The molecule has 2 aromatic carbocycles. The van der Waals surface area contributed by atoms with Gasteiger partial charge in [-0.1, -0.05) is 11.6 Å². The van der Waals surface area contributed by atoms with Gasteiger partial charge < -0.3 is 14.8 Å². The Morgan fingerprint density at radius 1 is 0.960 bits per heavy atom. The third kappa shape index (κ3) is 3.97. The number of carbonyl (C=O) groups is 1. The van der Waals surface area contributed by atoms with Crippen LogP contribution >= 0.6 is 11.6 Å². The molecule has 2 aromatic rings. The monoisotopic (exact) mass is 357 g/mol. The second-order valence-electron chi connectivity index (χ2n) is 6.70. The molecule has 2 aliphatic heterocycles. The first-order chi connectivity index (χ1) is 12.2. The van der Waals surface area contributed by atoms with Crippen LogP contribution in [0.3, 0.4) is 0 Å². The number of anilines is 1. The molecule has 2 fully saturated rings. The van der Waals surface area contributed by atoms with Crippen LogP contribution in [0, 0.1) is 5.92 Å². The Labute approximate surface area is 152 Å². The molecule has 1 N–H and O–H groups in total. The molecule has 2 unspecified atom stereocenters. The molecule has 2 heterocycles. The number of hydrogen-bond donors (Lipinski definition) is 1. The van der Waals surface area contributed by atoms with Crippen LogP contribution < -0.4 is 10.1 Å². The zero-order chi connectivity index (χ0) is 17.2.